The Hall–Kier alpha value is -2.24. The second-order valence-electron chi connectivity index (χ2n) is 6.96. The molecule has 0 bridgehead atoms. The van der Waals surface area contributed by atoms with Crippen molar-refractivity contribution in [3.8, 4) is 0 Å². The molecule has 1 atom stereocenters. The third kappa shape index (κ3) is 3.63. The molecule has 24 heavy (non-hydrogen) atoms. The van der Waals surface area contributed by atoms with Crippen molar-refractivity contribution in [2.24, 2.45) is 5.41 Å². The van der Waals surface area contributed by atoms with Gasteiger partial charge >= 0.3 is 6.03 Å². The van der Waals surface area contributed by atoms with Gasteiger partial charge in [-0.15, -0.1) is 0 Å². The molecule has 0 spiro atoms. The standard InChI is InChI=1S/C18H21F2N3O/c1-18(5-6-18)12-23-7-3-4-15(13-8-14(19)10-21-9-13)16(20)11-22(2)17(23)24/h3,7-11,15H,4-6,12H2,1-2H3. The number of urea groups is 1. The molecule has 0 aromatic carbocycles. The number of hydrogen-bond acceptors (Lipinski definition) is 2. The Morgan fingerprint density at radius 2 is 2.08 bits per heavy atom. The molecule has 1 aliphatic heterocycles. The number of amides is 2. The van der Waals surface area contributed by atoms with Crippen LogP contribution in [0.25, 0.3) is 0 Å². The summed E-state index contributed by atoms with van der Waals surface area (Å²) in [6.45, 7) is 2.76. The van der Waals surface area contributed by atoms with Gasteiger partial charge < -0.3 is 9.80 Å². The minimum atomic E-state index is -0.656. The van der Waals surface area contributed by atoms with Crippen LogP contribution >= 0.6 is 0 Å². The maximum absolute atomic E-state index is 14.7. The van der Waals surface area contributed by atoms with E-state index in [0.717, 1.165) is 19.0 Å². The van der Waals surface area contributed by atoms with Crippen LogP contribution in [0.1, 0.15) is 37.7 Å². The summed E-state index contributed by atoms with van der Waals surface area (Å²) in [5.74, 6) is -1.64. The fraction of sp³-hybridized carbons (Fsp3) is 0.444. The minimum absolute atomic E-state index is 0.156. The van der Waals surface area contributed by atoms with Crippen LogP contribution in [0.4, 0.5) is 13.6 Å². The summed E-state index contributed by atoms with van der Waals surface area (Å²) in [6, 6.07) is 1.01. The SMILES string of the molecule is CN1C=C(F)C(c2cncc(F)c2)CC=CN(CC2(C)CC2)C1=O. The van der Waals surface area contributed by atoms with Crippen molar-refractivity contribution in [2.75, 3.05) is 13.6 Å². The van der Waals surface area contributed by atoms with Crippen LogP contribution in [0.3, 0.4) is 0 Å². The molecule has 1 aromatic heterocycles. The normalized spacial score (nSPS) is 23.4. The number of carbonyl (C=O) groups excluding carboxylic acids is 1. The highest BCUT2D eigenvalue weighted by atomic mass is 19.1. The Morgan fingerprint density at radius 1 is 1.33 bits per heavy atom. The summed E-state index contributed by atoms with van der Waals surface area (Å²) >= 11 is 0. The van der Waals surface area contributed by atoms with Crippen molar-refractivity contribution in [3.63, 3.8) is 0 Å². The Bertz CT molecular complexity index is 697. The molecule has 1 aromatic rings. The first-order valence-corrected chi connectivity index (χ1v) is 8.06. The third-order valence-electron chi connectivity index (χ3n) is 4.64. The lowest BCUT2D eigenvalue weighted by Crippen LogP contribution is -2.38. The largest absolute Gasteiger partial charge is 0.327 e. The van der Waals surface area contributed by atoms with Crippen LogP contribution in [0.2, 0.25) is 0 Å². The summed E-state index contributed by atoms with van der Waals surface area (Å²) in [6.07, 6.45) is 9.74. The molecule has 0 radical (unpaired) electrons. The van der Waals surface area contributed by atoms with Crippen molar-refractivity contribution >= 4 is 6.03 Å². The molecular weight excluding hydrogens is 312 g/mol. The lowest BCUT2D eigenvalue weighted by Gasteiger charge is -2.25. The average Bonchev–Trinajstić information content (AvgIpc) is 3.25. The van der Waals surface area contributed by atoms with Gasteiger partial charge in [-0.25, -0.2) is 13.6 Å². The Balaban J connectivity index is 1.88. The molecule has 1 aliphatic carbocycles. The quantitative estimate of drug-likeness (QED) is 0.832. The van der Waals surface area contributed by atoms with E-state index in [4.69, 9.17) is 0 Å². The van der Waals surface area contributed by atoms with Crippen LogP contribution in [-0.4, -0.2) is 34.4 Å². The Kier molecular flexibility index (Phi) is 4.39. The van der Waals surface area contributed by atoms with Crippen LogP contribution in [0, 0.1) is 11.2 Å². The number of pyridine rings is 1. The number of nitrogens with zero attached hydrogens (tertiary/aromatic N) is 3. The number of hydrogen-bond donors (Lipinski definition) is 0. The summed E-state index contributed by atoms with van der Waals surface area (Å²) in [4.78, 5) is 19.2. The highest BCUT2D eigenvalue weighted by Crippen LogP contribution is 2.45. The van der Waals surface area contributed by atoms with Gasteiger partial charge in [0.1, 0.15) is 11.6 Å². The van der Waals surface area contributed by atoms with Gasteiger partial charge in [-0.1, -0.05) is 13.0 Å². The monoisotopic (exact) mass is 333 g/mol. The summed E-state index contributed by atoms with van der Waals surface area (Å²) in [5.41, 5.74) is 0.611. The summed E-state index contributed by atoms with van der Waals surface area (Å²) in [7, 11) is 1.53. The predicted octanol–water partition coefficient (Wildman–Crippen LogP) is 4.19. The van der Waals surface area contributed by atoms with E-state index in [9.17, 15) is 13.6 Å². The van der Waals surface area contributed by atoms with E-state index < -0.39 is 17.6 Å². The van der Waals surface area contributed by atoms with Crippen LogP contribution < -0.4 is 0 Å². The Labute approximate surface area is 140 Å². The van der Waals surface area contributed by atoms with E-state index in [-0.39, 0.29) is 11.4 Å². The van der Waals surface area contributed by atoms with Crippen molar-refractivity contribution in [1.82, 2.24) is 14.8 Å². The van der Waals surface area contributed by atoms with Crippen molar-refractivity contribution in [1.29, 1.82) is 0 Å². The van der Waals surface area contributed by atoms with E-state index in [1.165, 1.54) is 30.4 Å². The van der Waals surface area contributed by atoms with Gasteiger partial charge in [0, 0.05) is 38.1 Å². The molecule has 2 amide bonds. The van der Waals surface area contributed by atoms with Gasteiger partial charge in [0.05, 0.1) is 6.20 Å². The maximum atomic E-state index is 14.7. The van der Waals surface area contributed by atoms with E-state index in [1.54, 1.807) is 17.2 Å². The first-order chi connectivity index (χ1) is 11.4. The molecule has 3 rings (SSSR count). The molecule has 1 unspecified atom stereocenters. The van der Waals surface area contributed by atoms with E-state index in [2.05, 4.69) is 11.9 Å². The zero-order valence-electron chi connectivity index (χ0n) is 13.9. The van der Waals surface area contributed by atoms with E-state index in [0.29, 0.717) is 18.5 Å². The highest BCUT2D eigenvalue weighted by Gasteiger charge is 2.40. The molecule has 0 saturated heterocycles. The lowest BCUT2D eigenvalue weighted by atomic mass is 9.96. The van der Waals surface area contributed by atoms with Gasteiger partial charge in [-0.2, -0.15) is 0 Å². The van der Waals surface area contributed by atoms with Crippen molar-refractivity contribution in [3.05, 3.63) is 54.1 Å². The maximum Gasteiger partial charge on any atom is 0.327 e. The van der Waals surface area contributed by atoms with Gasteiger partial charge in [-0.05, 0) is 36.3 Å². The molecule has 128 valence electrons. The van der Waals surface area contributed by atoms with Crippen molar-refractivity contribution in [2.45, 2.75) is 32.1 Å². The molecule has 6 heteroatoms. The number of rotatable bonds is 3. The van der Waals surface area contributed by atoms with Crippen molar-refractivity contribution < 1.29 is 13.6 Å². The van der Waals surface area contributed by atoms with E-state index in [1.807, 2.05) is 0 Å². The van der Waals surface area contributed by atoms with Crippen LogP contribution in [-0.2, 0) is 0 Å². The first kappa shape index (κ1) is 16.6. The second-order valence-corrected chi connectivity index (χ2v) is 6.96. The van der Waals surface area contributed by atoms with Gasteiger partial charge in [0.15, 0.2) is 0 Å². The zero-order chi connectivity index (χ0) is 17.3. The third-order valence-corrected chi connectivity index (χ3v) is 4.64. The van der Waals surface area contributed by atoms with Gasteiger partial charge in [0.25, 0.3) is 0 Å². The van der Waals surface area contributed by atoms with E-state index >= 15 is 0 Å². The zero-order valence-corrected chi connectivity index (χ0v) is 13.9. The number of halogens is 2. The molecule has 2 aliphatic rings. The van der Waals surface area contributed by atoms with Gasteiger partial charge in [-0.3, -0.25) is 4.98 Å². The molecule has 1 saturated carbocycles. The van der Waals surface area contributed by atoms with Crippen LogP contribution in [0.15, 0.2) is 42.8 Å². The predicted molar refractivity (Wildman–Crippen MR) is 87.1 cm³/mol. The number of aromatic nitrogens is 1. The molecule has 4 nitrogen and oxygen atoms in total. The van der Waals surface area contributed by atoms with Crippen LogP contribution in [0.5, 0.6) is 0 Å². The first-order valence-electron chi connectivity index (χ1n) is 8.06. The molecule has 0 N–H and O–H groups in total. The average molecular weight is 333 g/mol. The fourth-order valence-electron chi connectivity index (χ4n) is 2.85. The molecule has 2 heterocycles. The molecular formula is C18H21F2N3O. The lowest BCUT2D eigenvalue weighted by molar-refractivity contribution is 0.185. The topological polar surface area (TPSA) is 36.4 Å². The Morgan fingerprint density at radius 3 is 2.75 bits per heavy atom. The summed E-state index contributed by atoms with van der Waals surface area (Å²) in [5, 5.41) is 0. The second kappa shape index (κ2) is 6.34. The number of carbonyl (C=O) groups is 1. The minimum Gasteiger partial charge on any atom is -0.301 e. The smallest absolute Gasteiger partial charge is 0.301 e. The number of allylic oxidation sites excluding steroid dienone is 2. The highest BCUT2D eigenvalue weighted by molar-refractivity contribution is 5.76. The summed E-state index contributed by atoms with van der Waals surface area (Å²) < 4.78 is 28.1. The molecule has 1 fully saturated rings. The fourth-order valence-corrected chi connectivity index (χ4v) is 2.85. The van der Waals surface area contributed by atoms with Gasteiger partial charge in [0.2, 0.25) is 0 Å².